The molecule has 0 aliphatic heterocycles. The number of carboxylic acid groups (broad SMARTS) is 1. The number of nitrogens with zero attached hydrogens (tertiary/aromatic N) is 1. The summed E-state index contributed by atoms with van der Waals surface area (Å²) in [5.41, 5.74) is 1.17. The molecule has 18 heavy (non-hydrogen) atoms. The molecule has 0 saturated heterocycles. The molecule has 1 aliphatic carbocycles. The number of carboxylic acids is 1. The standard InChI is InChI=1S/C14H19NO3/c1-10-3-6-13(12(9-10)14(16)17)18-8-7-15(2)11-4-5-11/h3,6,9,11H,4-5,7-8H2,1-2H3,(H,16,17). The molecule has 0 bridgehead atoms. The van der Waals surface area contributed by atoms with Crippen LogP contribution in [-0.2, 0) is 0 Å². The van der Waals surface area contributed by atoms with Gasteiger partial charge in [0.1, 0.15) is 17.9 Å². The van der Waals surface area contributed by atoms with Gasteiger partial charge >= 0.3 is 5.97 Å². The quantitative estimate of drug-likeness (QED) is 0.839. The molecule has 0 unspecified atom stereocenters. The van der Waals surface area contributed by atoms with Crippen molar-refractivity contribution < 1.29 is 14.6 Å². The molecule has 0 amide bonds. The summed E-state index contributed by atoms with van der Waals surface area (Å²) >= 11 is 0. The minimum absolute atomic E-state index is 0.240. The average molecular weight is 249 g/mol. The summed E-state index contributed by atoms with van der Waals surface area (Å²) in [4.78, 5) is 13.4. The number of hydrogen-bond acceptors (Lipinski definition) is 3. The molecule has 1 aromatic rings. The zero-order valence-corrected chi connectivity index (χ0v) is 10.8. The van der Waals surface area contributed by atoms with E-state index in [1.54, 1.807) is 12.1 Å². The predicted molar refractivity (Wildman–Crippen MR) is 69.3 cm³/mol. The Kier molecular flexibility index (Phi) is 3.87. The van der Waals surface area contributed by atoms with Crippen LogP contribution in [0.4, 0.5) is 0 Å². The maximum Gasteiger partial charge on any atom is 0.339 e. The molecule has 1 aliphatic rings. The Balaban J connectivity index is 1.93. The van der Waals surface area contributed by atoms with Gasteiger partial charge in [0.15, 0.2) is 0 Å². The van der Waals surface area contributed by atoms with Crippen molar-refractivity contribution in [2.45, 2.75) is 25.8 Å². The Morgan fingerprint density at radius 1 is 1.50 bits per heavy atom. The number of rotatable bonds is 6. The smallest absolute Gasteiger partial charge is 0.339 e. The third-order valence-electron chi connectivity index (χ3n) is 3.24. The van der Waals surface area contributed by atoms with Gasteiger partial charge in [0.2, 0.25) is 0 Å². The number of benzene rings is 1. The molecule has 0 spiro atoms. The van der Waals surface area contributed by atoms with Crippen LogP contribution >= 0.6 is 0 Å². The summed E-state index contributed by atoms with van der Waals surface area (Å²) in [5, 5.41) is 9.11. The van der Waals surface area contributed by atoms with E-state index in [1.165, 1.54) is 12.8 Å². The van der Waals surface area contributed by atoms with Crippen LogP contribution in [0.3, 0.4) is 0 Å². The number of ether oxygens (including phenoxy) is 1. The molecule has 1 N–H and O–H groups in total. The lowest BCUT2D eigenvalue weighted by atomic mass is 10.1. The van der Waals surface area contributed by atoms with Gasteiger partial charge in [-0.2, -0.15) is 0 Å². The first-order chi connectivity index (χ1) is 8.58. The number of likely N-dealkylation sites (N-methyl/N-ethyl adjacent to an activating group) is 1. The number of aromatic carboxylic acids is 1. The minimum atomic E-state index is -0.941. The minimum Gasteiger partial charge on any atom is -0.491 e. The van der Waals surface area contributed by atoms with Crippen molar-refractivity contribution in [3.63, 3.8) is 0 Å². The van der Waals surface area contributed by atoms with Crippen molar-refractivity contribution >= 4 is 5.97 Å². The van der Waals surface area contributed by atoms with Crippen molar-refractivity contribution in [2.75, 3.05) is 20.2 Å². The second-order valence-corrected chi connectivity index (χ2v) is 4.87. The maximum atomic E-state index is 11.1. The van der Waals surface area contributed by atoms with Crippen LogP contribution in [0.1, 0.15) is 28.8 Å². The highest BCUT2D eigenvalue weighted by molar-refractivity contribution is 5.91. The lowest BCUT2D eigenvalue weighted by Crippen LogP contribution is -2.26. The molecule has 2 rings (SSSR count). The van der Waals surface area contributed by atoms with Gasteiger partial charge in [0.25, 0.3) is 0 Å². The third-order valence-corrected chi connectivity index (χ3v) is 3.24. The monoisotopic (exact) mass is 249 g/mol. The maximum absolute atomic E-state index is 11.1. The number of carbonyl (C=O) groups is 1. The number of hydrogen-bond donors (Lipinski definition) is 1. The molecule has 4 nitrogen and oxygen atoms in total. The molecule has 1 fully saturated rings. The van der Waals surface area contributed by atoms with E-state index >= 15 is 0 Å². The Morgan fingerprint density at radius 3 is 2.83 bits per heavy atom. The molecular formula is C14H19NO3. The van der Waals surface area contributed by atoms with Crippen LogP contribution in [-0.4, -0.2) is 42.2 Å². The third kappa shape index (κ3) is 3.23. The lowest BCUT2D eigenvalue weighted by molar-refractivity contribution is 0.0691. The zero-order chi connectivity index (χ0) is 13.1. The number of aryl methyl sites for hydroxylation is 1. The second kappa shape index (κ2) is 5.40. The van der Waals surface area contributed by atoms with E-state index in [0.29, 0.717) is 18.4 Å². The van der Waals surface area contributed by atoms with E-state index in [1.807, 2.05) is 13.0 Å². The van der Waals surface area contributed by atoms with E-state index < -0.39 is 5.97 Å². The predicted octanol–water partition coefficient (Wildman–Crippen LogP) is 2.17. The first kappa shape index (κ1) is 12.9. The SMILES string of the molecule is Cc1ccc(OCCN(C)C2CC2)c(C(=O)O)c1. The molecule has 0 heterocycles. The van der Waals surface area contributed by atoms with Gasteiger partial charge in [-0.25, -0.2) is 4.79 Å². The zero-order valence-electron chi connectivity index (χ0n) is 10.8. The molecule has 0 atom stereocenters. The van der Waals surface area contributed by atoms with Crippen molar-refractivity contribution in [3.05, 3.63) is 29.3 Å². The highest BCUT2D eigenvalue weighted by atomic mass is 16.5. The van der Waals surface area contributed by atoms with E-state index in [4.69, 9.17) is 9.84 Å². The van der Waals surface area contributed by atoms with E-state index in [-0.39, 0.29) is 5.56 Å². The molecule has 0 radical (unpaired) electrons. The molecular weight excluding hydrogens is 230 g/mol. The largest absolute Gasteiger partial charge is 0.491 e. The van der Waals surface area contributed by atoms with E-state index in [2.05, 4.69) is 11.9 Å². The van der Waals surface area contributed by atoms with Gasteiger partial charge in [-0.05, 0) is 38.9 Å². The van der Waals surface area contributed by atoms with Gasteiger partial charge in [0, 0.05) is 12.6 Å². The van der Waals surface area contributed by atoms with Crippen LogP contribution in [0.5, 0.6) is 5.75 Å². The van der Waals surface area contributed by atoms with Crippen LogP contribution in [0, 0.1) is 6.92 Å². The lowest BCUT2D eigenvalue weighted by Gasteiger charge is -2.16. The first-order valence-electron chi connectivity index (χ1n) is 6.25. The van der Waals surface area contributed by atoms with Gasteiger partial charge in [-0.15, -0.1) is 0 Å². The highest BCUT2D eigenvalue weighted by Gasteiger charge is 2.25. The molecule has 1 aromatic carbocycles. The van der Waals surface area contributed by atoms with Gasteiger partial charge < -0.3 is 14.7 Å². The summed E-state index contributed by atoms with van der Waals surface area (Å²) in [6.45, 7) is 3.23. The second-order valence-electron chi connectivity index (χ2n) is 4.87. The summed E-state index contributed by atoms with van der Waals surface area (Å²) in [5.74, 6) is -0.485. The van der Waals surface area contributed by atoms with Gasteiger partial charge in [0.05, 0.1) is 0 Å². The Morgan fingerprint density at radius 2 is 2.22 bits per heavy atom. The van der Waals surface area contributed by atoms with E-state index in [9.17, 15) is 4.79 Å². The fraction of sp³-hybridized carbons (Fsp3) is 0.500. The van der Waals surface area contributed by atoms with Crippen LogP contribution in [0.2, 0.25) is 0 Å². The summed E-state index contributed by atoms with van der Waals surface area (Å²) in [7, 11) is 2.08. The Hall–Kier alpha value is -1.55. The first-order valence-corrected chi connectivity index (χ1v) is 6.25. The van der Waals surface area contributed by atoms with Gasteiger partial charge in [-0.3, -0.25) is 0 Å². The molecule has 1 saturated carbocycles. The van der Waals surface area contributed by atoms with Crippen molar-refractivity contribution in [2.24, 2.45) is 0 Å². The van der Waals surface area contributed by atoms with Crippen molar-refractivity contribution in [1.82, 2.24) is 4.90 Å². The van der Waals surface area contributed by atoms with Crippen molar-refractivity contribution in [1.29, 1.82) is 0 Å². The Bertz CT molecular complexity index is 441. The topological polar surface area (TPSA) is 49.8 Å². The molecule has 98 valence electrons. The highest BCUT2D eigenvalue weighted by Crippen LogP contribution is 2.25. The van der Waals surface area contributed by atoms with Crippen LogP contribution in [0.25, 0.3) is 0 Å². The molecule has 4 heteroatoms. The fourth-order valence-corrected chi connectivity index (χ4v) is 1.93. The van der Waals surface area contributed by atoms with Crippen LogP contribution < -0.4 is 4.74 Å². The van der Waals surface area contributed by atoms with Crippen LogP contribution in [0.15, 0.2) is 18.2 Å². The van der Waals surface area contributed by atoms with Crippen molar-refractivity contribution in [3.8, 4) is 5.75 Å². The average Bonchev–Trinajstić information content (AvgIpc) is 3.14. The normalized spacial score (nSPS) is 14.8. The fourth-order valence-electron chi connectivity index (χ4n) is 1.93. The summed E-state index contributed by atoms with van der Waals surface area (Å²) in [6, 6.07) is 5.94. The van der Waals surface area contributed by atoms with E-state index in [0.717, 1.165) is 12.1 Å². The summed E-state index contributed by atoms with van der Waals surface area (Å²) < 4.78 is 5.58. The van der Waals surface area contributed by atoms with Gasteiger partial charge in [-0.1, -0.05) is 11.6 Å². The Labute approximate surface area is 107 Å². The molecule has 0 aromatic heterocycles. The summed E-state index contributed by atoms with van der Waals surface area (Å²) in [6.07, 6.45) is 2.53.